The van der Waals surface area contributed by atoms with E-state index in [1.165, 1.54) is 25.7 Å². The van der Waals surface area contributed by atoms with E-state index in [9.17, 15) is 4.79 Å². The number of carbonyl (C=O) groups is 1. The van der Waals surface area contributed by atoms with Crippen molar-refractivity contribution in [1.82, 2.24) is 5.32 Å². The van der Waals surface area contributed by atoms with Crippen LogP contribution in [0.1, 0.15) is 32.1 Å². The number of hydrogen-bond acceptors (Lipinski definition) is 2. The van der Waals surface area contributed by atoms with Gasteiger partial charge in [0.25, 0.3) is 0 Å². The van der Waals surface area contributed by atoms with E-state index in [-0.39, 0.29) is 6.04 Å². The van der Waals surface area contributed by atoms with Gasteiger partial charge in [-0.2, -0.15) is 0 Å². The van der Waals surface area contributed by atoms with E-state index in [4.69, 9.17) is 5.73 Å². The topological polar surface area (TPSA) is 55.1 Å². The van der Waals surface area contributed by atoms with Crippen LogP contribution in [-0.2, 0) is 4.79 Å². The van der Waals surface area contributed by atoms with Crippen LogP contribution in [0.3, 0.4) is 0 Å². The SMILES string of the molecule is NC1CC1NC(=O)C1C2CCCCC21. The molecule has 0 aromatic rings. The van der Waals surface area contributed by atoms with Crippen LogP contribution in [0.4, 0.5) is 0 Å². The molecular formula is C11H18N2O. The Labute approximate surface area is 84.4 Å². The first-order valence-electron chi connectivity index (χ1n) is 5.83. The van der Waals surface area contributed by atoms with Crippen molar-refractivity contribution in [1.29, 1.82) is 0 Å². The molecule has 78 valence electrons. The van der Waals surface area contributed by atoms with Crippen LogP contribution in [-0.4, -0.2) is 18.0 Å². The second kappa shape index (κ2) is 2.96. The summed E-state index contributed by atoms with van der Waals surface area (Å²) in [5.41, 5.74) is 5.67. The standard InChI is InChI=1S/C11H18N2O/c12-8-5-9(8)13-11(14)10-6-3-1-2-4-7(6)10/h6-10H,1-5,12H2,(H,13,14). The molecule has 3 aliphatic carbocycles. The van der Waals surface area contributed by atoms with E-state index in [2.05, 4.69) is 5.32 Å². The van der Waals surface area contributed by atoms with Crippen molar-refractivity contribution < 1.29 is 4.79 Å². The van der Waals surface area contributed by atoms with Gasteiger partial charge in [-0.3, -0.25) is 4.79 Å². The Balaban J connectivity index is 1.54. The molecule has 0 aromatic carbocycles. The molecule has 3 fully saturated rings. The maximum Gasteiger partial charge on any atom is 0.223 e. The highest BCUT2D eigenvalue weighted by Gasteiger charge is 2.55. The molecule has 3 aliphatic rings. The number of amides is 1. The number of hydrogen-bond donors (Lipinski definition) is 2. The number of carbonyl (C=O) groups excluding carboxylic acids is 1. The minimum atomic E-state index is 0.236. The molecule has 4 atom stereocenters. The molecule has 4 unspecified atom stereocenters. The van der Waals surface area contributed by atoms with Gasteiger partial charge in [-0.15, -0.1) is 0 Å². The molecule has 0 spiro atoms. The molecule has 0 radical (unpaired) electrons. The Morgan fingerprint density at radius 1 is 1.21 bits per heavy atom. The Morgan fingerprint density at radius 2 is 1.79 bits per heavy atom. The summed E-state index contributed by atoms with van der Waals surface area (Å²) in [6.45, 7) is 0. The summed E-state index contributed by atoms with van der Waals surface area (Å²) in [5.74, 6) is 2.09. The first-order valence-corrected chi connectivity index (χ1v) is 5.83. The van der Waals surface area contributed by atoms with E-state index in [1.807, 2.05) is 0 Å². The van der Waals surface area contributed by atoms with Gasteiger partial charge in [-0.25, -0.2) is 0 Å². The number of nitrogens with one attached hydrogen (secondary N) is 1. The zero-order chi connectivity index (χ0) is 9.71. The zero-order valence-corrected chi connectivity index (χ0v) is 8.41. The maximum absolute atomic E-state index is 11.8. The molecule has 0 heterocycles. The third-order valence-electron chi connectivity index (χ3n) is 4.13. The molecule has 3 rings (SSSR count). The molecular weight excluding hydrogens is 176 g/mol. The second-order valence-electron chi connectivity index (χ2n) is 5.15. The van der Waals surface area contributed by atoms with Gasteiger partial charge in [-0.05, 0) is 31.1 Å². The molecule has 3 heteroatoms. The van der Waals surface area contributed by atoms with Crippen molar-refractivity contribution >= 4 is 5.91 Å². The van der Waals surface area contributed by atoms with Crippen LogP contribution in [0.15, 0.2) is 0 Å². The second-order valence-corrected chi connectivity index (χ2v) is 5.15. The lowest BCUT2D eigenvalue weighted by molar-refractivity contribution is -0.123. The summed E-state index contributed by atoms with van der Waals surface area (Å²) >= 11 is 0. The largest absolute Gasteiger partial charge is 0.351 e. The molecule has 3 saturated carbocycles. The highest BCUT2D eigenvalue weighted by Crippen LogP contribution is 2.55. The maximum atomic E-state index is 11.8. The summed E-state index contributed by atoms with van der Waals surface area (Å²) in [5, 5.41) is 3.06. The third kappa shape index (κ3) is 1.34. The Hall–Kier alpha value is -0.570. The summed E-state index contributed by atoms with van der Waals surface area (Å²) in [6, 6.07) is 0.532. The molecule has 0 aliphatic heterocycles. The lowest BCUT2D eigenvalue weighted by Crippen LogP contribution is -2.31. The normalized spacial score (nSPS) is 49.4. The highest BCUT2D eigenvalue weighted by atomic mass is 16.2. The summed E-state index contributed by atoms with van der Waals surface area (Å²) < 4.78 is 0. The molecule has 1 amide bonds. The average molecular weight is 194 g/mol. The van der Waals surface area contributed by atoms with Gasteiger partial charge in [0.2, 0.25) is 5.91 Å². The van der Waals surface area contributed by atoms with Crippen molar-refractivity contribution in [3.63, 3.8) is 0 Å². The predicted molar refractivity (Wildman–Crippen MR) is 53.5 cm³/mol. The van der Waals surface area contributed by atoms with E-state index < -0.39 is 0 Å². The van der Waals surface area contributed by atoms with Crippen molar-refractivity contribution in [2.24, 2.45) is 23.5 Å². The van der Waals surface area contributed by atoms with Crippen molar-refractivity contribution in [2.45, 2.75) is 44.2 Å². The van der Waals surface area contributed by atoms with Crippen LogP contribution in [0.2, 0.25) is 0 Å². The van der Waals surface area contributed by atoms with E-state index in [0.717, 1.165) is 18.3 Å². The zero-order valence-electron chi connectivity index (χ0n) is 8.41. The van der Waals surface area contributed by atoms with Gasteiger partial charge < -0.3 is 11.1 Å². The van der Waals surface area contributed by atoms with Gasteiger partial charge in [0.05, 0.1) is 0 Å². The first kappa shape index (κ1) is 8.72. The number of nitrogens with two attached hydrogens (primary N) is 1. The third-order valence-corrected chi connectivity index (χ3v) is 4.13. The summed E-state index contributed by atoms with van der Waals surface area (Å²) in [6.07, 6.45) is 6.19. The summed E-state index contributed by atoms with van der Waals surface area (Å²) in [7, 11) is 0. The molecule has 3 nitrogen and oxygen atoms in total. The lowest BCUT2D eigenvalue weighted by atomic mass is 10.0. The van der Waals surface area contributed by atoms with Gasteiger partial charge in [-0.1, -0.05) is 12.8 Å². The average Bonchev–Trinajstić information content (AvgIpc) is 3.03. The lowest BCUT2D eigenvalue weighted by Gasteiger charge is -2.04. The molecule has 3 N–H and O–H groups in total. The van der Waals surface area contributed by atoms with E-state index >= 15 is 0 Å². The van der Waals surface area contributed by atoms with Crippen LogP contribution < -0.4 is 11.1 Å². The quantitative estimate of drug-likeness (QED) is 0.677. The number of rotatable bonds is 2. The van der Waals surface area contributed by atoms with Crippen LogP contribution in [0.25, 0.3) is 0 Å². The Kier molecular flexibility index (Phi) is 1.84. The minimum Gasteiger partial charge on any atom is -0.351 e. The van der Waals surface area contributed by atoms with Gasteiger partial charge in [0, 0.05) is 18.0 Å². The molecule has 0 saturated heterocycles. The Morgan fingerprint density at radius 3 is 2.29 bits per heavy atom. The van der Waals surface area contributed by atoms with Gasteiger partial charge in [0.1, 0.15) is 0 Å². The fourth-order valence-corrected chi connectivity index (χ4v) is 3.04. The van der Waals surface area contributed by atoms with Gasteiger partial charge in [0.15, 0.2) is 0 Å². The van der Waals surface area contributed by atoms with Crippen LogP contribution in [0.5, 0.6) is 0 Å². The van der Waals surface area contributed by atoms with Crippen molar-refractivity contribution in [2.75, 3.05) is 0 Å². The monoisotopic (exact) mass is 194 g/mol. The van der Waals surface area contributed by atoms with Crippen LogP contribution >= 0.6 is 0 Å². The van der Waals surface area contributed by atoms with Crippen molar-refractivity contribution in [3.8, 4) is 0 Å². The molecule has 0 bridgehead atoms. The van der Waals surface area contributed by atoms with Gasteiger partial charge >= 0.3 is 0 Å². The fraction of sp³-hybridized carbons (Fsp3) is 0.909. The molecule has 0 aromatic heterocycles. The first-order chi connectivity index (χ1) is 6.77. The Bertz CT molecular complexity index is 254. The molecule has 14 heavy (non-hydrogen) atoms. The van der Waals surface area contributed by atoms with E-state index in [1.54, 1.807) is 0 Å². The fourth-order valence-electron chi connectivity index (χ4n) is 3.04. The smallest absolute Gasteiger partial charge is 0.223 e. The van der Waals surface area contributed by atoms with Crippen LogP contribution in [0, 0.1) is 17.8 Å². The van der Waals surface area contributed by atoms with Crippen molar-refractivity contribution in [3.05, 3.63) is 0 Å². The van der Waals surface area contributed by atoms with E-state index in [0.29, 0.717) is 17.9 Å². The summed E-state index contributed by atoms with van der Waals surface area (Å²) in [4.78, 5) is 11.8. The number of fused-ring (bicyclic) bond motifs is 1. The predicted octanol–water partition coefficient (Wildman–Crippen LogP) is 0.638. The highest BCUT2D eigenvalue weighted by molar-refractivity contribution is 5.83. The minimum absolute atomic E-state index is 0.236.